The molecule has 0 amide bonds. The number of hydrogen-bond donors (Lipinski definition) is 1. The van der Waals surface area contributed by atoms with E-state index in [0.29, 0.717) is 0 Å². The molecule has 0 saturated heterocycles. The molecule has 1 aliphatic carbocycles. The van der Waals surface area contributed by atoms with E-state index in [4.69, 9.17) is 0 Å². The minimum atomic E-state index is 0.740. The first-order chi connectivity index (χ1) is 10.4. The Morgan fingerprint density at radius 1 is 1.24 bits per heavy atom. The average Bonchev–Trinajstić information content (AvgIpc) is 3.09. The van der Waals surface area contributed by atoms with Crippen LogP contribution in [0.2, 0.25) is 0 Å². The van der Waals surface area contributed by atoms with E-state index >= 15 is 0 Å². The monoisotopic (exact) mass is 296 g/mol. The summed E-state index contributed by atoms with van der Waals surface area (Å²) in [6, 6.07) is 10.1. The van der Waals surface area contributed by atoms with Gasteiger partial charge in [0.2, 0.25) is 0 Å². The van der Waals surface area contributed by atoms with Crippen LogP contribution in [-0.2, 0) is 6.54 Å². The van der Waals surface area contributed by atoms with Gasteiger partial charge in [-0.05, 0) is 25.0 Å². The van der Waals surface area contributed by atoms with Gasteiger partial charge in [-0.3, -0.25) is 0 Å². The summed E-state index contributed by atoms with van der Waals surface area (Å²) in [7, 11) is 0. The quantitative estimate of drug-likeness (QED) is 0.778. The van der Waals surface area contributed by atoms with Gasteiger partial charge >= 0.3 is 0 Å². The lowest BCUT2D eigenvalue weighted by atomic mass is 10.3. The smallest absolute Gasteiger partial charge is 0.0960 e. The second-order valence-electron chi connectivity index (χ2n) is 5.31. The minimum absolute atomic E-state index is 0.740. The van der Waals surface area contributed by atoms with Crippen LogP contribution in [0.4, 0.5) is 5.69 Å². The number of nitrogens with zero attached hydrogens (tertiary/aromatic N) is 3. The van der Waals surface area contributed by atoms with Crippen molar-refractivity contribution >= 4 is 17.0 Å². The van der Waals surface area contributed by atoms with Gasteiger partial charge in [-0.1, -0.05) is 18.2 Å². The summed E-state index contributed by atoms with van der Waals surface area (Å²) in [4.78, 5) is 4.68. The van der Waals surface area contributed by atoms with E-state index in [1.807, 2.05) is 47.4 Å². The van der Waals surface area contributed by atoms with Crippen LogP contribution in [0.5, 0.6) is 0 Å². The molecule has 0 radical (unpaired) electrons. The van der Waals surface area contributed by atoms with E-state index in [0.717, 1.165) is 29.5 Å². The molecule has 1 N–H and O–H groups in total. The predicted octanol–water partition coefficient (Wildman–Crippen LogP) is 3.82. The molecule has 1 aliphatic rings. The number of anilines is 1. The maximum Gasteiger partial charge on any atom is 0.0960 e. The topological polar surface area (TPSA) is 42.7 Å². The van der Waals surface area contributed by atoms with Gasteiger partial charge in [0.15, 0.2) is 0 Å². The molecule has 2 heterocycles. The zero-order chi connectivity index (χ0) is 14.1. The molecule has 1 saturated carbocycles. The van der Waals surface area contributed by atoms with E-state index in [2.05, 4.69) is 20.8 Å². The Bertz CT molecular complexity index is 728. The van der Waals surface area contributed by atoms with E-state index in [1.54, 1.807) is 11.3 Å². The van der Waals surface area contributed by atoms with Gasteiger partial charge in [0.05, 0.1) is 41.0 Å². The summed E-state index contributed by atoms with van der Waals surface area (Å²) in [5, 5.41) is 11.2. The molecule has 4 rings (SSSR count). The van der Waals surface area contributed by atoms with E-state index in [1.165, 1.54) is 17.8 Å². The fourth-order valence-corrected chi connectivity index (χ4v) is 3.24. The zero-order valence-electron chi connectivity index (χ0n) is 11.6. The molecule has 1 fully saturated rings. The van der Waals surface area contributed by atoms with E-state index < -0.39 is 0 Å². The van der Waals surface area contributed by atoms with E-state index in [9.17, 15) is 0 Å². The molecular weight excluding hydrogens is 280 g/mol. The second-order valence-corrected chi connectivity index (χ2v) is 6.20. The Kier molecular flexibility index (Phi) is 3.20. The maximum absolute atomic E-state index is 4.68. The number of hydrogen-bond acceptors (Lipinski definition) is 4. The van der Waals surface area contributed by atoms with Crippen molar-refractivity contribution < 1.29 is 0 Å². The number of rotatable bonds is 5. The molecular formula is C16H16N4S. The number of thiazole rings is 1. The highest BCUT2D eigenvalue weighted by molar-refractivity contribution is 7.09. The fraction of sp³-hybridized carbons (Fsp3) is 0.250. The molecule has 3 aromatic rings. The van der Waals surface area contributed by atoms with Crippen LogP contribution < -0.4 is 5.32 Å². The van der Waals surface area contributed by atoms with Gasteiger partial charge in [0, 0.05) is 11.3 Å². The highest BCUT2D eigenvalue weighted by Gasteiger charge is 2.26. The molecule has 0 aliphatic heterocycles. The summed E-state index contributed by atoms with van der Waals surface area (Å²) in [6.07, 6.45) is 6.47. The first-order valence-corrected chi connectivity index (χ1v) is 8.05. The van der Waals surface area contributed by atoms with Crippen molar-refractivity contribution in [3.63, 3.8) is 0 Å². The average molecular weight is 296 g/mol. The van der Waals surface area contributed by atoms with Crippen LogP contribution >= 0.6 is 11.3 Å². The Morgan fingerprint density at radius 2 is 2.10 bits per heavy atom. The normalized spacial score (nSPS) is 14.3. The van der Waals surface area contributed by atoms with Gasteiger partial charge in [0.1, 0.15) is 0 Å². The molecule has 2 aromatic heterocycles. The van der Waals surface area contributed by atoms with Crippen molar-refractivity contribution in [2.24, 2.45) is 0 Å². The van der Waals surface area contributed by atoms with Gasteiger partial charge in [-0.2, -0.15) is 5.10 Å². The Morgan fingerprint density at radius 3 is 2.90 bits per heavy atom. The SMILES string of the molecule is c1ccc(-n2cc(NCc3csc(C4CC4)n3)cn2)cc1. The maximum atomic E-state index is 4.68. The minimum Gasteiger partial charge on any atom is -0.377 e. The molecule has 21 heavy (non-hydrogen) atoms. The summed E-state index contributed by atoms with van der Waals surface area (Å²) in [5.74, 6) is 0.740. The zero-order valence-corrected chi connectivity index (χ0v) is 12.4. The van der Waals surface area contributed by atoms with Crippen LogP contribution in [0.3, 0.4) is 0 Å². The third-order valence-corrected chi connectivity index (χ3v) is 4.63. The van der Waals surface area contributed by atoms with Crippen LogP contribution in [-0.4, -0.2) is 14.8 Å². The lowest BCUT2D eigenvalue weighted by Gasteiger charge is -2.01. The van der Waals surface area contributed by atoms with Crippen LogP contribution in [0.25, 0.3) is 5.69 Å². The van der Waals surface area contributed by atoms with Crippen molar-refractivity contribution in [3.05, 3.63) is 58.8 Å². The molecule has 5 heteroatoms. The largest absolute Gasteiger partial charge is 0.377 e. The first-order valence-electron chi connectivity index (χ1n) is 7.17. The van der Waals surface area contributed by atoms with Gasteiger partial charge in [-0.25, -0.2) is 9.67 Å². The van der Waals surface area contributed by atoms with Crippen LogP contribution in [0.15, 0.2) is 48.1 Å². The molecule has 106 valence electrons. The molecule has 4 nitrogen and oxygen atoms in total. The van der Waals surface area contributed by atoms with Crippen LogP contribution in [0.1, 0.15) is 29.5 Å². The van der Waals surface area contributed by atoms with Crippen LogP contribution in [0, 0.1) is 0 Å². The highest BCUT2D eigenvalue weighted by atomic mass is 32.1. The summed E-state index contributed by atoms with van der Waals surface area (Å²) in [5.41, 5.74) is 3.20. The highest BCUT2D eigenvalue weighted by Crippen LogP contribution is 2.41. The predicted molar refractivity (Wildman–Crippen MR) is 85.0 cm³/mol. The number of aromatic nitrogens is 3. The Labute approximate surface area is 127 Å². The molecule has 0 atom stereocenters. The lowest BCUT2D eigenvalue weighted by Crippen LogP contribution is -1.99. The van der Waals surface area contributed by atoms with Crippen molar-refractivity contribution in [1.82, 2.24) is 14.8 Å². The van der Waals surface area contributed by atoms with Crippen molar-refractivity contribution in [3.8, 4) is 5.69 Å². The standard InChI is InChI=1S/C16H16N4S/c1-2-4-15(5-3-1)20-10-13(9-18-20)17-8-14-11-21-16(19-14)12-6-7-12/h1-5,9-12,17H,6-8H2. The number of benzene rings is 1. The Hall–Kier alpha value is -2.14. The lowest BCUT2D eigenvalue weighted by molar-refractivity contribution is 0.880. The van der Waals surface area contributed by atoms with Gasteiger partial charge in [-0.15, -0.1) is 11.3 Å². The third-order valence-electron chi connectivity index (χ3n) is 3.57. The first kappa shape index (κ1) is 12.6. The molecule has 0 bridgehead atoms. The molecule has 1 aromatic carbocycles. The molecule has 0 unspecified atom stereocenters. The summed E-state index contributed by atoms with van der Waals surface area (Å²) in [6.45, 7) is 0.754. The molecule has 0 spiro atoms. The van der Waals surface area contributed by atoms with Gasteiger partial charge in [0.25, 0.3) is 0 Å². The van der Waals surface area contributed by atoms with E-state index in [-0.39, 0.29) is 0 Å². The fourth-order valence-electron chi connectivity index (χ4n) is 2.25. The Balaban J connectivity index is 1.41. The van der Waals surface area contributed by atoms with Gasteiger partial charge < -0.3 is 5.32 Å². The second kappa shape index (κ2) is 5.33. The van der Waals surface area contributed by atoms with Crippen molar-refractivity contribution in [1.29, 1.82) is 0 Å². The number of nitrogens with one attached hydrogen (secondary N) is 1. The summed E-state index contributed by atoms with van der Waals surface area (Å²) >= 11 is 1.79. The van der Waals surface area contributed by atoms with Crippen molar-refractivity contribution in [2.45, 2.75) is 25.3 Å². The number of para-hydroxylation sites is 1. The van der Waals surface area contributed by atoms with Crippen molar-refractivity contribution in [2.75, 3.05) is 5.32 Å². The summed E-state index contributed by atoms with van der Waals surface area (Å²) < 4.78 is 1.87. The third kappa shape index (κ3) is 2.83.